The van der Waals surface area contributed by atoms with Crippen LogP contribution >= 0.6 is 0 Å². The van der Waals surface area contributed by atoms with E-state index in [4.69, 9.17) is 0 Å². The van der Waals surface area contributed by atoms with Gasteiger partial charge in [-0.2, -0.15) is 0 Å². The van der Waals surface area contributed by atoms with E-state index in [-0.39, 0.29) is 0 Å². The molecule has 2 fully saturated rings. The van der Waals surface area contributed by atoms with E-state index in [0.29, 0.717) is 12.1 Å². The first kappa shape index (κ1) is 15.9. The zero-order valence-electron chi connectivity index (χ0n) is 14.0. The molecular formula is C18H30N4. The van der Waals surface area contributed by atoms with Crippen molar-refractivity contribution in [1.82, 2.24) is 20.7 Å². The van der Waals surface area contributed by atoms with Gasteiger partial charge in [0.25, 0.3) is 0 Å². The average molecular weight is 302 g/mol. The van der Waals surface area contributed by atoms with Gasteiger partial charge in [-0.25, -0.2) is 5.43 Å². The lowest BCUT2D eigenvalue weighted by Crippen LogP contribution is -2.46. The quantitative estimate of drug-likeness (QED) is 0.871. The summed E-state index contributed by atoms with van der Waals surface area (Å²) < 4.78 is 0. The van der Waals surface area contributed by atoms with E-state index in [1.807, 2.05) is 0 Å². The standard InChI is InChI=1S/C18H30N4/c1-21(14-17-10-6-7-11-22(17)2)13-16-12-18(20-19-16)15-8-4-3-5-9-15/h3-5,8-9,16-20H,6-7,10-14H2,1-2H3. The van der Waals surface area contributed by atoms with Crippen molar-refractivity contribution in [3.63, 3.8) is 0 Å². The fraction of sp³-hybridized carbons (Fsp3) is 0.667. The van der Waals surface area contributed by atoms with Crippen molar-refractivity contribution in [2.24, 2.45) is 0 Å². The van der Waals surface area contributed by atoms with Gasteiger partial charge in [-0.05, 0) is 45.5 Å². The Kier molecular flexibility index (Phi) is 5.47. The Bertz CT molecular complexity index is 450. The van der Waals surface area contributed by atoms with E-state index in [1.54, 1.807) is 0 Å². The third-order valence-corrected chi connectivity index (χ3v) is 5.16. The third kappa shape index (κ3) is 4.07. The maximum Gasteiger partial charge on any atom is 0.0478 e. The smallest absolute Gasteiger partial charge is 0.0478 e. The molecule has 0 aliphatic carbocycles. The number of piperidine rings is 1. The molecule has 1 aromatic rings. The summed E-state index contributed by atoms with van der Waals surface area (Å²) in [6, 6.07) is 12.5. The van der Waals surface area contributed by atoms with Crippen molar-refractivity contribution in [1.29, 1.82) is 0 Å². The molecular weight excluding hydrogens is 272 g/mol. The maximum absolute atomic E-state index is 3.48. The van der Waals surface area contributed by atoms with Crippen LogP contribution in [0.4, 0.5) is 0 Å². The van der Waals surface area contributed by atoms with Crippen molar-refractivity contribution in [3.8, 4) is 0 Å². The maximum atomic E-state index is 3.48. The summed E-state index contributed by atoms with van der Waals surface area (Å²) in [6.45, 7) is 3.56. The molecule has 3 rings (SSSR count). The Morgan fingerprint density at radius 2 is 1.95 bits per heavy atom. The molecule has 0 amide bonds. The van der Waals surface area contributed by atoms with Gasteiger partial charge in [-0.1, -0.05) is 36.8 Å². The first-order chi connectivity index (χ1) is 10.7. The van der Waals surface area contributed by atoms with Gasteiger partial charge in [0.2, 0.25) is 0 Å². The van der Waals surface area contributed by atoms with Crippen LogP contribution in [0.15, 0.2) is 30.3 Å². The lowest BCUT2D eigenvalue weighted by Gasteiger charge is -2.35. The van der Waals surface area contributed by atoms with Crippen LogP contribution in [0.25, 0.3) is 0 Å². The molecule has 22 heavy (non-hydrogen) atoms. The molecule has 0 saturated carbocycles. The Labute approximate surface area is 134 Å². The molecule has 0 aromatic heterocycles. The highest BCUT2D eigenvalue weighted by molar-refractivity contribution is 5.19. The van der Waals surface area contributed by atoms with Crippen LogP contribution in [0.2, 0.25) is 0 Å². The van der Waals surface area contributed by atoms with Gasteiger partial charge >= 0.3 is 0 Å². The molecule has 2 N–H and O–H groups in total. The average Bonchev–Trinajstić information content (AvgIpc) is 2.99. The second kappa shape index (κ2) is 7.55. The fourth-order valence-electron chi connectivity index (χ4n) is 3.83. The van der Waals surface area contributed by atoms with Crippen molar-refractivity contribution in [3.05, 3.63) is 35.9 Å². The lowest BCUT2D eigenvalue weighted by molar-refractivity contribution is 0.136. The molecule has 0 radical (unpaired) electrons. The van der Waals surface area contributed by atoms with Gasteiger partial charge in [0.15, 0.2) is 0 Å². The van der Waals surface area contributed by atoms with Crippen LogP contribution in [0.3, 0.4) is 0 Å². The van der Waals surface area contributed by atoms with E-state index in [9.17, 15) is 0 Å². The fourth-order valence-corrected chi connectivity index (χ4v) is 3.83. The summed E-state index contributed by atoms with van der Waals surface area (Å²) in [5.74, 6) is 0. The Hall–Kier alpha value is -0.940. The number of rotatable bonds is 5. The highest BCUT2D eigenvalue weighted by atomic mass is 15.4. The van der Waals surface area contributed by atoms with Gasteiger partial charge in [0.1, 0.15) is 0 Å². The van der Waals surface area contributed by atoms with Crippen molar-refractivity contribution in [2.75, 3.05) is 33.7 Å². The first-order valence-corrected chi connectivity index (χ1v) is 8.67. The molecule has 0 bridgehead atoms. The van der Waals surface area contributed by atoms with E-state index < -0.39 is 0 Å². The number of benzene rings is 1. The van der Waals surface area contributed by atoms with Crippen molar-refractivity contribution < 1.29 is 0 Å². The summed E-state index contributed by atoms with van der Waals surface area (Å²) >= 11 is 0. The van der Waals surface area contributed by atoms with Crippen molar-refractivity contribution >= 4 is 0 Å². The van der Waals surface area contributed by atoms with Crippen LogP contribution in [0.1, 0.15) is 37.3 Å². The van der Waals surface area contributed by atoms with Gasteiger partial charge in [0, 0.05) is 31.2 Å². The van der Waals surface area contributed by atoms with Crippen LogP contribution in [-0.2, 0) is 0 Å². The minimum atomic E-state index is 0.442. The summed E-state index contributed by atoms with van der Waals surface area (Å²) in [4.78, 5) is 5.03. The normalized spacial score (nSPS) is 30.0. The minimum absolute atomic E-state index is 0.442. The summed E-state index contributed by atoms with van der Waals surface area (Å²) in [5, 5.41) is 0. The zero-order valence-corrected chi connectivity index (χ0v) is 14.0. The molecule has 1 aromatic carbocycles. The predicted molar refractivity (Wildman–Crippen MR) is 91.6 cm³/mol. The number of nitrogens with one attached hydrogen (secondary N) is 2. The largest absolute Gasteiger partial charge is 0.303 e. The Balaban J connectivity index is 1.45. The predicted octanol–water partition coefficient (Wildman–Crippen LogP) is 2.01. The van der Waals surface area contributed by atoms with E-state index >= 15 is 0 Å². The van der Waals surface area contributed by atoms with E-state index in [0.717, 1.165) is 19.0 Å². The van der Waals surface area contributed by atoms with Crippen LogP contribution in [0, 0.1) is 0 Å². The molecule has 2 saturated heterocycles. The van der Waals surface area contributed by atoms with Crippen LogP contribution in [0.5, 0.6) is 0 Å². The summed E-state index contributed by atoms with van der Waals surface area (Å²) in [5.41, 5.74) is 8.31. The SMILES string of the molecule is CN(CC1CC(c2ccccc2)NN1)CC1CCCCN1C. The summed E-state index contributed by atoms with van der Waals surface area (Å²) in [7, 11) is 4.54. The summed E-state index contributed by atoms with van der Waals surface area (Å²) in [6.07, 6.45) is 5.27. The topological polar surface area (TPSA) is 30.5 Å². The van der Waals surface area contributed by atoms with Gasteiger partial charge < -0.3 is 9.80 Å². The van der Waals surface area contributed by atoms with Gasteiger partial charge in [0.05, 0.1) is 0 Å². The second-order valence-electron chi connectivity index (χ2n) is 7.04. The molecule has 3 atom stereocenters. The monoisotopic (exact) mass is 302 g/mol. The Morgan fingerprint density at radius 1 is 1.14 bits per heavy atom. The highest BCUT2D eigenvalue weighted by Gasteiger charge is 2.27. The number of likely N-dealkylation sites (tertiary alicyclic amines) is 1. The molecule has 2 aliphatic rings. The Morgan fingerprint density at radius 3 is 2.73 bits per heavy atom. The number of hydrazine groups is 1. The van der Waals surface area contributed by atoms with Gasteiger partial charge in [-0.15, -0.1) is 0 Å². The lowest BCUT2D eigenvalue weighted by atomic mass is 10.0. The van der Waals surface area contributed by atoms with Crippen molar-refractivity contribution in [2.45, 2.75) is 43.8 Å². The minimum Gasteiger partial charge on any atom is -0.303 e. The number of hydrogen-bond donors (Lipinski definition) is 2. The third-order valence-electron chi connectivity index (χ3n) is 5.16. The molecule has 0 spiro atoms. The first-order valence-electron chi connectivity index (χ1n) is 8.67. The molecule has 2 heterocycles. The molecule has 3 unspecified atom stereocenters. The molecule has 2 aliphatic heterocycles. The van der Waals surface area contributed by atoms with E-state index in [1.165, 1.54) is 37.9 Å². The number of nitrogens with zero attached hydrogens (tertiary/aromatic N) is 2. The van der Waals surface area contributed by atoms with E-state index in [2.05, 4.69) is 65.1 Å². The van der Waals surface area contributed by atoms with Crippen LogP contribution < -0.4 is 10.9 Å². The highest BCUT2D eigenvalue weighted by Crippen LogP contribution is 2.22. The molecule has 4 heteroatoms. The van der Waals surface area contributed by atoms with Gasteiger partial charge in [-0.3, -0.25) is 5.43 Å². The zero-order chi connectivity index (χ0) is 15.4. The number of hydrogen-bond acceptors (Lipinski definition) is 4. The molecule has 122 valence electrons. The van der Waals surface area contributed by atoms with Crippen LogP contribution in [-0.4, -0.2) is 55.6 Å². The second-order valence-corrected chi connectivity index (χ2v) is 7.04. The number of likely N-dealkylation sites (N-methyl/N-ethyl adjacent to an activating group) is 2. The molecule has 4 nitrogen and oxygen atoms in total.